The molecule has 0 saturated carbocycles. The summed E-state index contributed by atoms with van der Waals surface area (Å²) < 4.78 is 67.2. The Balaban J connectivity index is 2.01. The van der Waals surface area contributed by atoms with E-state index in [-0.39, 0.29) is 16.5 Å². The number of alkyl halides is 3. The van der Waals surface area contributed by atoms with Crippen molar-refractivity contribution in [3.05, 3.63) is 59.7 Å². The van der Waals surface area contributed by atoms with Crippen LogP contribution in [-0.2, 0) is 21.0 Å². The van der Waals surface area contributed by atoms with Crippen molar-refractivity contribution < 1.29 is 26.4 Å². The summed E-state index contributed by atoms with van der Waals surface area (Å²) in [6.45, 7) is 4.24. The van der Waals surface area contributed by atoms with Gasteiger partial charge in [0.05, 0.1) is 16.1 Å². The van der Waals surface area contributed by atoms with Gasteiger partial charge in [0.2, 0.25) is 5.91 Å². The lowest BCUT2D eigenvalue weighted by molar-refractivity contribution is -0.137. The van der Waals surface area contributed by atoms with Crippen LogP contribution in [0.1, 0.15) is 30.9 Å². The van der Waals surface area contributed by atoms with Gasteiger partial charge in [-0.1, -0.05) is 30.7 Å². The van der Waals surface area contributed by atoms with E-state index in [9.17, 15) is 26.4 Å². The summed E-state index contributed by atoms with van der Waals surface area (Å²) in [5.41, 5.74) is -0.343. The monoisotopic (exact) mass is 454 g/mol. The van der Waals surface area contributed by atoms with Crippen molar-refractivity contribution >= 4 is 21.6 Å². The highest BCUT2D eigenvalue weighted by Gasteiger charge is 2.34. The number of nitrogens with zero attached hydrogens (tertiary/aromatic N) is 2. The van der Waals surface area contributed by atoms with E-state index in [2.05, 4.69) is 0 Å². The van der Waals surface area contributed by atoms with Crippen LogP contribution < -0.4 is 4.31 Å². The molecule has 0 radical (unpaired) electrons. The highest BCUT2D eigenvalue weighted by molar-refractivity contribution is 7.92. The standard InChI is InChI=1S/C22H25F3N2O3S/c1-16-8-10-20(11-9-16)31(29,30)27(15-21(28)26-12-4-5-17(2)14-26)19-7-3-6-18(13-19)22(23,24)25/h3,6-11,13,17H,4-5,12,14-15H2,1-2H3. The lowest BCUT2D eigenvalue weighted by Crippen LogP contribution is -2.46. The Morgan fingerprint density at radius 1 is 1.16 bits per heavy atom. The predicted molar refractivity (Wildman–Crippen MR) is 112 cm³/mol. The van der Waals surface area contributed by atoms with Crippen LogP contribution in [0, 0.1) is 12.8 Å². The number of benzene rings is 2. The molecule has 5 nitrogen and oxygen atoms in total. The molecule has 1 aliphatic rings. The van der Waals surface area contributed by atoms with Gasteiger partial charge in [0.25, 0.3) is 10.0 Å². The van der Waals surface area contributed by atoms with E-state index in [0.717, 1.165) is 40.9 Å². The molecule has 31 heavy (non-hydrogen) atoms. The van der Waals surface area contributed by atoms with Crippen molar-refractivity contribution in [2.45, 2.75) is 37.8 Å². The molecule has 2 aromatic rings. The van der Waals surface area contributed by atoms with Crippen LogP contribution >= 0.6 is 0 Å². The number of sulfonamides is 1. The molecule has 1 saturated heterocycles. The van der Waals surface area contributed by atoms with Gasteiger partial charge in [0.1, 0.15) is 6.54 Å². The molecule has 0 spiro atoms. The number of anilines is 1. The van der Waals surface area contributed by atoms with E-state index < -0.39 is 34.2 Å². The minimum atomic E-state index is -4.64. The fourth-order valence-electron chi connectivity index (χ4n) is 3.63. The van der Waals surface area contributed by atoms with Crippen molar-refractivity contribution in [1.82, 2.24) is 4.90 Å². The van der Waals surface area contributed by atoms with E-state index >= 15 is 0 Å². The van der Waals surface area contributed by atoms with Crippen LogP contribution in [-0.4, -0.2) is 38.9 Å². The smallest absolute Gasteiger partial charge is 0.341 e. The second-order valence-corrected chi connectivity index (χ2v) is 9.82. The zero-order valence-electron chi connectivity index (χ0n) is 17.4. The Morgan fingerprint density at radius 3 is 2.45 bits per heavy atom. The van der Waals surface area contributed by atoms with Gasteiger partial charge in [-0.2, -0.15) is 13.2 Å². The number of carbonyl (C=O) groups is 1. The lowest BCUT2D eigenvalue weighted by atomic mass is 10.0. The van der Waals surface area contributed by atoms with Gasteiger partial charge < -0.3 is 4.90 Å². The van der Waals surface area contributed by atoms with Gasteiger partial charge in [-0.3, -0.25) is 9.10 Å². The molecular formula is C22H25F3N2O3S. The molecule has 9 heteroatoms. The number of amides is 1. The van der Waals surface area contributed by atoms with Crippen molar-refractivity contribution in [3.63, 3.8) is 0 Å². The molecular weight excluding hydrogens is 429 g/mol. The summed E-state index contributed by atoms with van der Waals surface area (Å²) in [6.07, 6.45) is -2.86. The van der Waals surface area contributed by atoms with Gasteiger partial charge in [-0.05, 0) is 56.0 Å². The SMILES string of the molecule is Cc1ccc(S(=O)(=O)N(CC(=O)N2CCCC(C)C2)c2cccc(C(F)(F)F)c2)cc1. The number of hydrogen-bond donors (Lipinski definition) is 0. The quantitative estimate of drug-likeness (QED) is 0.670. The van der Waals surface area contributed by atoms with E-state index in [1.54, 1.807) is 24.0 Å². The number of likely N-dealkylation sites (tertiary alicyclic amines) is 1. The van der Waals surface area contributed by atoms with Gasteiger partial charge in [0, 0.05) is 13.1 Å². The van der Waals surface area contributed by atoms with Gasteiger partial charge in [-0.15, -0.1) is 0 Å². The zero-order chi connectivity index (χ0) is 22.8. The predicted octanol–water partition coefficient (Wildman–Crippen LogP) is 4.47. The molecule has 2 aromatic carbocycles. The van der Waals surface area contributed by atoms with Crippen LogP contribution in [0.25, 0.3) is 0 Å². The van der Waals surface area contributed by atoms with Crippen molar-refractivity contribution in [3.8, 4) is 0 Å². The summed E-state index contributed by atoms with van der Waals surface area (Å²) in [5.74, 6) is -0.145. The molecule has 1 aliphatic heterocycles. The number of rotatable bonds is 5. The van der Waals surface area contributed by atoms with Crippen LogP contribution in [0.5, 0.6) is 0 Å². The molecule has 3 rings (SSSR count). The van der Waals surface area contributed by atoms with Crippen LogP contribution in [0.4, 0.5) is 18.9 Å². The third-order valence-electron chi connectivity index (χ3n) is 5.36. The summed E-state index contributed by atoms with van der Waals surface area (Å²) in [7, 11) is -4.26. The van der Waals surface area contributed by atoms with Crippen molar-refractivity contribution in [2.75, 3.05) is 23.9 Å². The van der Waals surface area contributed by atoms with Gasteiger partial charge >= 0.3 is 6.18 Å². The number of halogens is 3. The third kappa shape index (κ3) is 5.39. The fraction of sp³-hybridized carbons (Fsp3) is 0.409. The van der Waals surface area contributed by atoms with Crippen molar-refractivity contribution in [2.24, 2.45) is 5.92 Å². The topological polar surface area (TPSA) is 57.7 Å². The van der Waals surface area contributed by atoms with Crippen LogP contribution in [0.15, 0.2) is 53.4 Å². The molecule has 0 bridgehead atoms. The van der Waals surface area contributed by atoms with Crippen LogP contribution in [0.2, 0.25) is 0 Å². The molecule has 0 N–H and O–H groups in total. The van der Waals surface area contributed by atoms with Gasteiger partial charge in [0.15, 0.2) is 0 Å². The molecule has 1 atom stereocenters. The molecule has 1 heterocycles. The number of hydrogen-bond acceptors (Lipinski definition) is 3. The number of aryl methyl sites for hydroxylation is 1. The average molecular weight is 455 g/mol. The maximum Gasteiger partial charge on any atom is 0.416 e. The average Bonchev–Trinajstić information content (AvgIpc) is 2.71. The Bertz CT molecular complexity index is 1040. The van der Waals surface area contributed by atoms with E-state index in [1.807, 2.05) is 6.92 Å². The minimum absolute atomic E-state index is 0.0877. The molecule has 168 valence electrons. The highest BCUT2D eigenvalue weighted by Crippen LogP contribution is 2.33. The highest BCUT2D eigenvalue weighted by atomic mass is 32.2. The van der Waals surface area contributed by atoms with E-state index in [4.69, 9.17) is 0 Å². The first-order valence-corrected chi connectivity index (χ1v) is 11.5. The second kappa shape index (κ2) is 8.90. The zero-order valence-corrected chi connectivity index (χ0v) is 18.2. The molecule has 0 aliphatic carbocycles. The molecule has 1 unspecified atom stereocenters. The number of carbonyl (C=O) groups excluding carboxylic acids is 1. The van der Waals surface area contributed by atoms with Crippen molar-refractivity contribution in [1.29, 1.82) is 0 Å². The maximum atomic E-state index is 13.4. The minimum Gasteiger partial charge on any atom is -0.341 e. The van der Waals surface area contributed by atoms with E-state index in [1.165, 1.54) is 18.2 Å². The first kappa shape index (κ1) is 23.1. The Kier molecular flexibility index (Phi) is 6.64. The summed E-state index contributed by atoms with van der Waals surface area (Å²) in [6, 6.07) is 10.0. The second-order valence-electron chi connectivity index (χ2n) is 7.96. The van der Waals surface area contributed by atoms with E-state index in [0.29, 0.717) is 13.1 Å². The van der Waals surface area contributed by atoms with Gasteiger partial charge in [-0.25, -0.2) is 8.42 Å². The Hall–Kier alpha value is -2.55. The normalized spacial score (nSPS) is 17.5. The summed E-state index contributed by atoms with van der Waals surface area (Å²) in [5, 5.41) is 0. The Labute approximate surface area is 180 Å². The van der Waals surface area contributed by atoms with Crippen LogP contribution in [0.3, 0.4) is 0 Å². The molecule has 1 fully saturated rings. The first-order valence-electron chi connectivity index (χ1n) is 10.0. The molecule has 1 amide bonds. The summed E-state index contributed by atoms with van der Waals surface area (Å²) in [4.78, 5) is 14.4. The first-order chi connectivity index (χ1) is 14.5. The summed E-state index contributed by atoms with van der Waals surface area (Å²) >= 11 is 0. The lowest BCUT2D eigenvalue weighted by Gasteiger charge is -2.33. The fourth-order valence-corrected chi connectivity index (χ4v) is 5.03. The number of piperidine rings is 1. The largest absolute Gasteiger partial charge is 0.416 e. The molecule has 0 aromatic heterocycles. The maximum absolute atomic E-state index is 13.4. The third-order valence-corrected chi connectivity index (χ3v) is 7.15. The Morgan fingerprint density at radius 2 is 1.84 bits per heavy atom.